The Morgan fingerprint density at radius 1 is 1.16 bits per heavy atom. The standard InChI is InChI=1S/C21H26N8O3/c1-21(2,3)31-20(30)29-12-8-11-14(29)17-23-16(27-32-17)15-24-18(22)26-19(25-15)28(4)13-9-6-5-7-10-13/h5-7,9-10,14H,8,11-12H2,1-4H3,(H2,22,24,25,26)/t14-/m1/s1. The number of nitrogens with zero attached hydrogens (tertiary/aromatic N) is 7. The van der Waals surface area contributed by atoms with Crippen LogP contribution in [-0.2, 0) is 4.74 Å². The lowest BCUT2D eigenvalue weighted by Gasteiger charge is -2.26. The second kappa shape index (κ2) is 8.40. The minimum atomic E-state index is -0.589. The van der Waals surface area contributed by atoms with Crippen LogP contribution >= 0.6 is 0 Å². The number of carbonyl (C=O) groups is 1. The fourth-order valence-corrected chi connectivity index (χ4v) is 3.42. The molecule has 3 heterocycles. The van der Waals surface area contributed by atoms with E-state index in [1.807, 2.05) is 58.2 Å². The van der Waals surface area contributed by atoms with Gasteiger partial charge < -0.3 is 19.9 Å². The molecule has 4 rings (SSSR count). The predicted octanol–water partition coefficient (Wildman–Crippen LogP) is 3.34. The number of amides is 1. The van der Waals surface area contributed by atoms with E-state index in [0.29, 0.717) is 24.8 Å². The summed E-state index contributed by atoms with van der Waals surface area (Å²) < 4.78 is 11.0. The van der Waals surface area contributed by atoms with Crippen molar-refractivity contribution in [1.82, 2.24) is 30.0 Å². The van der Waals surface area contributed by atoms with Gasteiger partial charge in [-0.05, 0) is 45.7 Å². The van der Waals surface area contributed by atoms with Crippen LogP contribution in [0.1, 0.15) is 45.5 Å². The zero-order valence-corrected chi connectivity index (χ0v) is 18.5. The van der Waals surface area contributed by atoms with E-state index >= 15 is 0 Å². The second-order valence-electron chi connectivity index (χ2n) is 8.50. The van der Waals surface area contributed by atoms with Crippen LogP contribution in [0.3, 0.4) is 0 Å². The van der Waals surface area contributed by atoms with Crippen molar-refractivity contribution in [1.29, 1.82) is 0 Å². The molecule has 2 aromatic heterocycles. The first-order valence-electron chi connectivity index (χ1n) is 10.4. The molecular weight excluding hydrogens is 412 g/mol. The first-order valence-corrected chi connectivity index (χ1v) is 10.4. The van der Waals surface area contributed by atoms with Gasteiger partial charge in [-0.3, -0.25) is 4.90 Å². The van der Waals surface area contributed by atoms with E-state index in [0.717, 1.165) is 12.1 Å². The first-order chi connectivity index (χ1) is 15.2. The summed E-state index contributed by atoms with van der Waals surface area (Å²) >= 11 is 0. The average molecular weight is 438 g/mol. The molecule has 0 spiro atoms. The molecule has 1 fully saturated rings. The summed E-state index contributed by atoms with van der Waals surface area (Å²) in [6.07, 6.45) is 1.10. The second-order valence-corrected chi connectivity index (χ2v) is 8.50. The van der Waals surface area contributed by atoms with E-state index in [1.54, 1.807) is 9.80 Å². The normalized spacial score (nSPS) is 16.2. The number of carbonyl (C=O) groups excluding carboxylic acids is 1. The number of nitrogens with two attached hydrogens (primary N) is 1. The van der Waals surface area contributed by atoms with Gasteiger partial charge in [-0.25, -0.2) is 4.79 Å². The Bertz CT molecular complexity index is 1100. The van der Waals surface area contributed by atoms with Crippen LogP contribution in [-0.4, -0.2) is 55.3 Å². The van der Waals surface area contributed by atoms with Crippen LogP contribution in [0.2, 0.25) is 0 Å². The topological polar surface area (TPSA) is 136 Å². The molecule has 1 aliphatic rings. The number of para-hydroxylation sites is 1. The van der Waals surface area contributed by atoms with Crippen molar-refractivity contribution in [3.63, 3.8) is 0 Å². The predicted molar refractivity (Wildman–Crippen MR) is 117 cm³/mol. The number of hydrogen-bond acceptors (Lipinski definition) is 10. The maximum Gasteiger partial charge on any atom is 0.410 e. The maximum atomic E-state index is 12.6. The van der Waals surface area contributed by atoms with Crippen molar-refractivity contribution >= 4 is 23.7 Å². The molecule has 2 N–H and O–H groups in total. The summed E-state index contributed by atoms with van der Waals surface area (Å²) in [5, 5.41) is 4.02. The SMILES string of the molecule is CN(c1ccccc1)c1nc(N)nc(-c2noc([C@H]3CCCN3C(=O)OC(C)(C)C)n2)n1. The van der Waals surface area contributed by atoms with Crippen LogP contribution < -0.4 is 10.6 Å². The van der Waals surface area contributed by atoms with Gasteiger partial charge in [-0.15, -0.1) is 0 Å². The van der Waals surface area contributed by atoms with Crippen molar-refractivity contribution in [2.45, 2.75) is 45.3 Å². The number of hydrogen-bond donors (Lipinski definition) is 1. The number of rotatable bonds is 4. The number of benzene rings is 1. The number of likely N-dealkylation sites (tertiary alicyclic amines) is 1. The van der Waals surface area contributed by atoms with Gasteiger partial charge >= 0.3 is 6.09 Å². The highest BCUT2D eigenvalue weighted by molar-refractivity contribution is 5.69. The summed E-state index contributed by atoms with van der Waals surface area (Å²) in [6.45, 7) is 6.05. The Morgan fingerprint density at radius 2 is 1.91 bits per heavy atom. The van der Waals surface area contributed by atoms with Gasteiger partial charge in [0.2, 0.25) is 29.4 Å². The molecule has 168 valence electrons. The van der Waals surface area contributed by atoms with Crippen LogP contribution in [0.5, 0.6) is 0 Å². The van der Waals surface area contributed by atoms with Gasteiger partial charge in [0.25, 0.3) is 0 Å². The van der Waals surface area contributed by atoms with Gasteiger partial charge in [0.1, 0.15) is 11.6 Å². The van der Waals surface area contributed by atoms with Crippen molar-refractivity contribution in [3.05, 3.63) is 36.2 Å². The molecule has 1 atom stereocenters. The average Bonchev–Trinajstić information content (AvgIpc) is 3.41. The highest BCUT2D eigenvalue weighted by atomic mass is 16.6. The Balaban J connectivity index is 1.58. The Kier molecular flexibility index (Phi) is 5.64. The quantitative estimate of drug-likeness (QED) is 0.645. The smallest absolute Gasteiger partial charge is 0.410 e. The maximum absolute atomic E-state index is 12.6. The van der Waals surface area contributed by atoms with E-state index in [1.165, 1.54) is 0 Å². The van der Waals surface area contributed by atoms with Crippen molar-refractivity contribution in [3.8, 4) is 11.6 Å². The lowest BCUT2D eigenvalue weighted by Crippen LogP contribution is -2.36. The zero-order valence-electron chi connectivity index (χ0n) is 18.5. The minimum absolute atomic E-state index is 0.0374. The Labute approximate surface area is 185 Å². The van der Waals surface area contributed by atoms with Crippen molar-refractivity contribution in [2.24, 2.45) is 0 Å². The molecule has 0 bridgehead atoms. The molecule has 1 saturated heterocycles. The zero-order chi connectivity index (χ0) is 22.9. The van der Waals surface area contributed by atoms with Crippen molar-refractivity contribution in [2.75, 3.05) is 24.2 Å². The molecule has 11 nitrogen and oxygen atoms in total. The van der Waals surface area contributed by atoms with Crippen LogP contribution in [0.15, 0.2) is 34.9 Å². The lowest BCUT2D eigenvalue weighted by molar-refractivity contribution is 0.0199. The molecule has 1 aromatic carbocycles. The summed E-state index contributed by atoms with van der Waals surface area (Å²) in [4.78, 5) is 33.3. The summed E-state index contributed by atoms with van der Waals surface area (Å²) in [6, 6.07) is 9.25. The largest absolute Gasteiger partial charge is 0.444 e. The number of ether oxygens (including phenoxy) is 1. The third kappa shape index (κ3) is 4.61. The van der Waals surface area contributed by atoms with E-state index in [4.69, 9.17) is 15.0 Å². The summed E-state index contributed by atoms with van der Waals surface area (Å²) in [5.41, 5.74) is 6.21. The molecule has 11 heteroatoms. The van der Waals surface area contributed by atoms with Gasteiger partial charge in [0.15, 0.2) is 0 Å². The van der Waals surface area contributed by atoms with E-state index in [9.17, 15) is 4.79 Å². The van der Waals surface area contributed by atoms with Gasteiger partial charge in [-0.1, -0.05) is 23.4 Å². The van der Waals surface area contributed by atoms with Crippen LogP contribution in [0, 0.1) is 0 Å². The van der Waals surface area contributed by atoms with Crippen molar-refractivity contribution < 1.29 is 14.1 Å². The number of nitrogen functional groups attached to an aromatic ring is 1. The fourth-order valence-electron chi connectivity index (χ4n) is 3.42. The molecule has 0 aliphatic carbocycles. The molecule has 1 aliphatic heterocycles. The van der Waals surface area contributed by atoms with E-state index in [-0.39, 0.29) is 23.6 Å². The van der Waals surface area contributed by atoms with Gasteiger partial charge in [0.05, 0.1) is 0 Å². The monoisotopic (exact) mass is 438 g/mol. The lowest BCUT2D eigenvalue weighted by atomic mass is 10.2. The third-order valence-electron chi connectivity index (χ3n) is 4.89. The minimum Gasteiger partial charge on any atom is -0.444 e. The highest BCUT2D eigenvalue weighted by Gasteiger charge is 2.36. The fraction of sp³-hybridized carbons (Fsp3) is 0.429. The Hall–Kier alpha value is -3.76. The summed E-state index contributed by atoms with van der Waals surface area (Å²) in [5.74, 6) is 1.05. The first kappa shape index (κ1) is 21.5. The number of anilines is 3. The molecule has 3 aromatic rings. The van der Waals surface area contributed by atoms with Crippen LogP contribution in [0.25, 0.3) is 11.6 Å². The van der Waals surface area contributed by atoms with Crippen LogP contribution in [0.4, 0.5) is 22.4 Å². The van der Waals surface area contributed by atoms with Gasteiger partial charge in [0, 0.05) is 19.3 Å². The molecular formula is C21H26N8O3. The molecule has 0 radical (unpaired) electrons. The molecule has 32 heavy (non-hydrogen) atoms. The molecule has 0 unspecified atom stereocenters. The third-order valence-corrected chi connectivity index (χ3v) is 4.89. The highest BCUT2D eigenvalue weighted by Crippen LogP contribution is 2.33. The van der Waals surface area contributed by atoms with Gasteiger partial charge in [-0.2, -0.15) is 19.9 Å². The number of aromatic nitrogens is 5. The van der Waals surface area contributed by atoms with E-state index in [2.05, 4.69) is 25.1 Å². The summed E-state index contributed by atoms with van der Waals surface area (Å²) in [7, 11) is 1.83. The molecule has 1 amide bonds. The molecule has 0 saturated carbocycles. The van der Waals surface area contributed by atoms with E-state index < -0.39 is 11.7 Å². The Morgan fingerprint density at radius 3 is 2.62 bits per heavy atom.